The molecule has 242 valence electrons. The summed E-state index contributed by atoms with van der Waals surface area (Å²) in [6, 6.07) is 64.6. The van der Waals surface area contributed by atoms with Gasteiger partial charge in [0, 0.05) is 22.1 Å². The number of aromatic nitrogens is 3. The van der Waals surface area contributed by atoms with Crippen LogP contribution in [0.1, 0.15) is 5.56 Å². The van der Waals surface area contributed by atoms with Crippen molar-refractivity contribution >= 4 is 21.5 Å². The van der Waals surface area contributed by atoms with E-state index in [1.54, 1.807) is 0 Å². The molecule has 0 amide bonds. The van der Waals surface area contributed by atoms with E-state index < -0.39 is 0 Å². The van der Waals surface area contributed by atoms with E-state index in [1.165, 1.54) is 5.56 Å². The molecule has 52 heavy (non-hydrogen) atoms. The maximum atomic E-state index is 9.60. The number of hydrogen-bond donors (Lipinski definition) is 0. The first kappa shape index (κ1) is 30.8. The Labute approximate surface area is 302 Å². The van der Waals surface area contributed by atoms with Gasteiger partial charge in [0.25, 0.3) is 0 Å². The van der Waals surface area contributed by atoms with Gasteiger partial charge in [0.05, 0.1) is 11.6 Å². The smallest absolute Gasteiger partial charge is 0.164 e. The van der Waals surface area contributed by atoms with Crippen LogP contribution >= 0.6 is 0 Å². The summed E-state index contributed by atoms with van der Waals surface area (Å²) < 4.78 is 0. The van der Waals surface area contributed by atoms with Crippen LogP contribution in [0, 0.1) is 11.3 Å². The first-order valence-corrected chi connectivity index (χ1v) is 17.3. The molecule has 0 fully saturated rings. The lowest BCUT2D eigenvalue weighted by Crippen LogP contribution is -2.01. The van der Waals surface area contributed by atoms with Crippen LogP contribution in [0.15, 0.2) is 182 Å². The second kappa shape index (κ2) is 13.2. The summed E-state index contributed by atoms with van der Waals surface area (Å²) in [7, 11) is 0. The fourth-order valence-corrected chi connectivity index (χ4v) is 7.14. The summed E-state index contributed by atoms with van der Waals surface area (Å²) in [6.07, 6.45) is 0. The van der Waals surface area contributed by atoms with Gasteiger partial charge in [-0.2, -0.15) is 5.26 Å². The molecular formula is C48H30N4. The van der Waals surface area contributed by atoms with E-state index in [0.29, 0.717) is 23.0 Å². The molecule has 0 saturated carbocycles. The number of nitrogens with zero attached hydrogens (tertiary/aromatic N) is 4. The summed E-state index contributed by atoms with van der Waals surface area (Å²) in [4.78, 5) is 15.5. The minimum atomic E-state index is 0.588. The van der Waals surface area contributed by atoms with Gasteiger partial charge in [-0.25, -0.2) is 15.0 Å². The standard InChI is InChI=1S/C48H30N4/c49-31-32-25-27-33(28-26-32)38-29-41-44(35-17-7-2-8-18-35)43(34-15-5-1-6-16-34)39-23-13-14-24-40(39)45(41)42(30-38)48-51-46(36-19-9-3-10-20-36)50-47(52-48)37-21-11-4-12-22-37/h1-30H. The van der Waals surface area contributed by atoms with E-state index in [2.05, 4.69) is 103 Å². The van der Waals surface area contributed by atoms with E-state index in [-0.39, 0.29) is 0 Å². The van der Waals surface area contributed by atoms with E-state index in [9.17, 15) is 5.26 Å². The van der Waals surface area contributed by atoms with Crippen molar-refractivity contribution in [2.75, 3.05) is 0 Å². The predicted molar refractivity (Wildman–Crippen MR) is 212 cm³/mol. The number of fused-ring (bicyclic) bond motifs is 3. The van der Waals surface area contributed by atoms with Gasteiger partial charge < -0.3 is 0 Å². The Kier molecular flexibility index (Phi) is 7.85. The molecule has 8 aromatic carbocycles. The minimum Gasteiger partial charge on any atom is -0.208 e. The van der Waals surface area contributed by atoms with E-state index in [1.807, 2.05) is 84.9 Å². The summed E-state index contributed by atoms with van der Waals surface area (Å²) >= 11 is 0. The largest absolute Gasteiger partial charge is 0.208 e. The molecule has 0 aliphatic heterocycles. The summed E-state index contributed by atoms with van der Waals surface area (Å²) in [6.45, 7) is 0. The highest BCUT2D eigenvalue weighted by Crippen LogP contribution is 2.48. The van der Waals surface area contributed by atoms with Crippen LogP contribution in [0.5, 0.6) is 0 Å². The molecule has 9 rings (SSSR count). The fourth-order valence-electron chi connectivity index (χ4n) is 7.14. The van der Waals surface area contributed by atoms with Crippen LogP contribution < -0.4 is 0 Å². The zero-order chi connectivity index (χ0) is 34.9. The molecule has 0 bridgehead atoms. The van der Waals surface area contributed by atoms with Crippen LogP contribution in [0.3, 0.4) is 0 Å². The molecular weight excluding hydrogens is 633 g/mol. The van der Waals surface area contributed by atoms with Crippen molar-refractivity contribution in [3.63, 3.8) is 0 Å². The molecule has 0 saturated heterocycles. The van der Waals surface area contributed by atoms with Gasteiger partial charge in [-0.15, -0.1) is 0 Å². The lowest BCUT2D eigenvalue weighted by molar-refractivity contribution is 1.08. The zero-order valence-corrected chi connectivity index (χ0v) is 28.1. The molecule has 9 aromatic rings. The first-order valence-electron chi connectivity index (χ1n) is 17.3. The van der Waals surface area contributed by atoms with Gasteiger partial charge in [-0.05, 0) is 73.8 Å². The SMILES string of the molecule is N#Cc1ccc(-c2cc(-c3nc(-c4ccccc4)nc(-c4ccccc4)n3)c3c(c2)c(-c2ccccc2)c(-c2ccccc2)c2ccccc23)cc1. The average molecular weight is 663 g/mol. The Hall–Kier alpha value is -7.22. The molecule has 0 unspecified atom stereocenters. The highest BCUT2D eigenvalue weighted by molar-refractivity contribution is 6.25. The minimum absolute atomic E-state index is 0.588. The van der Waals surface area contributed by atoms with Crippen LogP contribution in [0.25, 0.3) is 89.1 Å². The highest BCUT2D eigenvalue weighted by Gasteiger charge is 2.23. The quantitative estimate of drug-likeness (QED) is 0.166. The van der Waals surface area contributed by atoms with Crippen molar-refractivity contribution < 1.29 is 0 Å². The Morgan fingerprint density at radius 3 is 1.31 bits per heavy atom. The molecule has 4 heteroatoms. The van der Waals surface area contributed by atoms with Crippen LogP contribution in [-0.4, -0.2) is 15.0 Å². The van der Waals surface area contributed by atoms with Gasteiger partial charge in [0.15, 0.2) is 17.5 Å². The van der Waals surface area contributed by atoms with Crippen LogP contribution in [0.2, 0.25) is 0 Å². The van der Waals surface area contributed by atoms with Gasteiger partial charge in [0.1, 0.15) is 0 Å². The Balaban J connectivity index is 1.47. The maximum Gasteiger partial charge on any atom is 0.164 e. The van der Waals surface area contributed by atoms with Crippen molar-refractivity contribution in [2.45, 2.75) is 0 Å². The number of nitriles is 1. The molecule has 1 aromatic heterocycles. The second-order valence-corrected chi connectivity index (χ2v) is 12.7. The van der Waals surface area contributed by atoms with Crippen molar-refractivity contribution in [1.82, 2.24) is 15.0 Å². The molecule has 0 aliphatic rings. The highest BCUT2D eigenvalue weighted by atomic mass is 15.0. The van der Waals surface area contributed by atoms with Crippen molar-refractivity contribution in [3.05, 3.63) is 188 Å². The summed E-state index contributed by atoms with van der Waals surface area (Å²) in [5.74, 6) is 1.80. The van der Waals surface area contributed by atoms with Gasteiger partial charge >= 0.3 is 0 Å². The normalized spacial score (nSPS) is 11.1. The first-order chi connectivity index (χ1) is 25.7. The molecule has 0 aliphatic carbocycles. The van der Waals surface area contributed by atoms with Crippen molar-refractivity contribution in [1.29, 1.82) is 5.26 Å². The lowest BCUT2D eigenvalue weighted by Gasteiger charge is -2.21. The molecule has 0 radical (unpaired) electrons. The van der Waals surface area contributed by atoms with Gasteiger partial charge in [-0.1, -0.05) is 158 Å². The molecule has 0 spiro atoms. The van der Waals surface area contributed by atoms with Gasteiger partial charge in [-0.3, -0.25) is 0 Å². The molecule has 0 N–H and O–H groups in total. The van der Waals surface area contributed by atoms with Crippen LogP contribution in [0.4, 0.5) is 0 Å². The molecule has 0 atom stereocenters. The zero-order valence-electron chi connectivity index (χ0n) is 28.1. The topological polar surface area (TPSA) is 62.5 Å². The monoisotopic (exact) mass is 662 g/mol. The third-order valence-corrected chi connectivity index (χ3v) is 9.54. The third kappa shape index (κ3) is 5.57. The summed E-state index contributed by atoms with van der Waals surface area (Å²) in [5, 5.41) is 14.0. The van der Waals surface area contributed by atoms with Crippen molar-refractivity contribution in [3.8, 4) is 73.6 Å². The number of rotatable bonds is 6. The Morgan fingerprint density at radius 2 is 0.788 bits per heavy atom. The maximum absolute atomic E-state index is 9.60. The van der Waals surface area contributed by atoms with Gasteiger partial charge in [0.2, 0.25) is 0 Å². The lowest BCUT2D eigenvalue weighted by atomic mass is 9.82. The fraction of sp³-hybridized carbons (Fsp3) is 0. The average Bonchev–Trinajstić information content (AvgIpc) is 3.24. The van der Waals surface area contributed by atoms with Crippen LogP contribution in [-0.2, 0) is 0 Å². The number of benzene rings is 8. The second-order valence-electron chi connectivity index (χ2n) is 12.7. The predicted octanol–water partition coefficient (Wildman–Crippen LogP) is 12.1. The number of hydrogen-bond acceptors (Lipinski definition) is 4. The van der Waals surface area contributed by atoms with Crippen molar-refractivity contribution in [2.24, 2.45) is 0 Å². The summed E-state index contributed by atoms with van der Waals surface area (Å²) in [5.41, 5.74) is 9.91. The molecule has 4 nitrogen and oxygen atoms in total. The van der Waals surface area contributed by atoms with E-state index >= 15 is 0 Å². The Bertz CT molecular complexity index is 2700. The molecule has 1 heterocycles. The Morgan fingerprint density at radius 1 is 0.346 bits per heavy atom. The van der Waals surface area contributed by atoms with E-state index in [0.717, 1.165) is 66.1 Å². The third-order valence-electron chi connectivity index (χ3n) is 9.54. The van der Waals surface area contributed by atoms with E-state index in [4.69, 9.17) is 15.0 Å².